The molecule has 1 aliphatic heterocycles. The Morgan fingerprint density at radius 1 is 0.967 bits per heavy atom. The van der Waals surface area contributed by atoms with Crippen molar-refractivity contribution in [3.05, 3.63) is 94.0 Å². The number of carbonyl (C=O) groups is 1. The summed E-state index contributed by atoms with van der Waals surface area (Å²) in [5.74, 6) is 0. The van der Waals surface area contributed by atoms with E-state index in [-0.39, 0.29) is 0 Å². The molecule has 0 fully saturated rings. The molecule has 1 amide bonds. The van der Waals surface area contributed by atoms with Crippen molar-refractivity contribution in [2.45, 2.75) is 18.9 Å². The van der Waals surface area contributed by atoms with Crippen molar-refractivity contribution in [2.24, 2.45) is 0 Å². The summed E-state index contributed by atoms with van der Waals surface area (Å²) in [5, 5.41) is 4.03. The lowest BCUT2D eigenvalue weighted by molar-refractivity contribution is 0.114. The maximum Gasteiger partial charge on any atom is 0.412 e. The number of anilines is 2. The predicted octanol–water partition coefficient (Wildman–Crippen LogP) is 6.74. The van der Waals surface area contributed by atoms with Crippen molar-refractivity contribution < 1.29 is 9.53 Å². The second-order valence-electron chi connectivity index (χ2n) is 7.26. The number of nitrogens with zero attached hydrogens (tertiary/aromatic N) is 1. The van der Waals surface area contributed by atoms with Gasteiger partial charge in [0.2, 0.25) is 0 Å². The molecule has 6 heteroatoms. The molecule has 0 aromatic heterocycles. The van der Waals surface area contributed by atoms with Crippen molar-refractivity contribution in [1.82, 2.24) is 0 Å². The van der Waals surface area contributed by atoms with Crippen LogP contribution in [0.3, 0.4) is 0 Å². The Hall–Kier alpha value is -2.69. The number of fused-ring (bicyclic) bond motifs is 1. The second-order valence-corrected chi connectivity index (χ2v) is 8.13. The largest absolute Gasteiger partial charge is 0.439 e. The van der Waals surface area contributed by atoms with E-state index in [1.807, 2.05) is 30.3 Å². The van der Waals surface area contributed by atoms with Gasteiger partial charge in [-0.1, -0.05) is 53.5 Å². The van der Waals surface area contributed by atoms with Crippen LogP contribution in [0.25, 0.3) is 0 Å². The average molecular weight is 441 g/mol. The third kappa shape index (κ3) is 5.07. The molecule has 1 aliphatic rings. The first-order valence-electron chi connectivity index (χ1n) is 9.90. The zero-order valence-electron chi connectivity index (χ0n) is 16.4. The SMILES string of the molecule is O=C(Nc1ccc(Cl)cc1)OC(CN1CCCc2ccccc21)c1ccc(Cl)cc1. The van der Waals surface area contributed by atoms with E-state index in [0.717, 1.165) is 24.9 Å². The van der Waals surface area contributed by atoms with E-state index in [9.17, 15) is 4.79 Å². The first-order valence-corrected chi connectivity index (χ1v) is 10.7. The lowest BCUT2D eigenvalue weighted by Crippen LogP contribution is -2.35. The minimum Gasteiger partial charge on any atom is -0.439 e. The summed E-state index contributed by atoms with van der Waals surface area (Å²) in [7, 11) is 0. The highest BCUT2D eigenvalue weighted by Gasteiger charge is 2.24. The van der Waals surface area contributed by atoms with Crippen LogP contribution in [0, 0.1) is 0 Å². The second kappa shape index (κ2) is 9.41. The number of aryl methyl sites for hydroxylation is 1. The van der Waals surface area contributed by atoms with Gasteiger partial charge in [-0.25, -0.2) is 4.79 Å². The van der Waals surface area contributed by atoms with Gasteiger partial charge in [-0.15, -0.1) is 0 Å². The normalized spacial score (nSPS) is 14.0. The molecule has 0 bridgehead atoms. The molecule has 154 valence electrons. The number of halogens is 2. The number of hydrogen-bond donors (Lipinski definition) is 1. The van der Waals surface area contributed by atoms with Gasteiger partial charge in [0, 0.05) is 28.0 Å². The zero-order valence-corrected chi connectivity index (χ0v) is 17.9. The fourth-order valence-corrected chi connectivity index (χ4v) is 3.95. The highest BCUT2D eigenvalue weighted by molar-refractivity contribution is 6.30. The fourth-order valence-electron chi connectivity index (χ4n) is 3.70. The molecule has 1 N–H and O–H groups in total. The first-order chi connectivity index (χ1) is 14.6. The highest BCUT2D eigenvalue weighted by Crippen LogP contribution is 2.30. The van der Waals surface area contributed by atoms with E-state index in [2.05, 4.69) is 28.4 Å². The average Bonchev–Trinajstić information content (AvgIpc) is 2.76. The van der Waals surface area contributed by atoms with Gasteiger partial charge < -0.3 is 9.64 Å². The Balaban J connectivity index is 1.53. The maximum atomic E-state index is 12.6. The summed E-state index contributed by atoms with van der Waals surface area (Å²) in [6.45, 7) is 1.48. The number of amides is 1. The smallest absolute Gasteiger partial charge is 0.412 e. The minimum atomic E-state index is -0.512. The molecule has 4 nitrogen and oxygen atoms in total. The van der Waals surface area contributed by atoms with Crippen LogP contribution in [-0.4, -0.2) is 19.2 Å². The van der Waals surface area contributed by atoms with Crippen LogP contribution in [-0.2, 0) is 11.2 Å². The Labute approximate surface area is 186 Å². The van der Waals surface area contributed by atoms with Crippen LogP contribution in [0.1, 0.15) is 23.7 Å². The molecular formula is C24H22Cl2N2O2. The highest BCUT2D eigenvalue weighted by atomic mass is 35.5. The fraction of sp³-hybridized carbons (Fsp3) is 0.208. The van der Waals surface area contributed by atoms with E-state index in [0.29, 0.717) is 22.3 Å². The van der Waals surface area contributed by atoms with Gasteiger partial charge in [-0.05, 0) is 66.4 Å². The molecule has 0 radical (unpaired) electrons. The molecule has 1 heterocycles. The number of para-hydroxylation sites is 1. The number of carbonyl (C=O) groups excluding carboxylic acids is 1. The molecule has 0 spiro atoms. The monoisotopic (exact) mass is 440 g/mol. The third-order valence-corrected chi connectivity index (χ3v) is 5.68. The minimum absolute atomic E-state index is 0.444. The number of nitrogens with one attached hydrogen (secondary N) is 1. The lowest BCUT2D eigenvalue weighted by atomic mass is 10.0. The van der Waals surface area contributed by atoms with Gasteiger partial charge in [-0.2, -0.15) is 0 Å². The van der Waals surface area contributed by atoms with Crippen LogP contribution >= 0.6 is 23.2 Å². The summed E-state index contributed by atoms with van der Waals surface area (Å²) in [6.07, 6.45) is 1.18. The Morgan fingerprint density at radius 3 is 2.37 bits per heavy atom. The van der Waals surface area contributed by atoms with Gasteiger partial charge in [0.1, 0.15) is 6.10 Å². The molecule has 0 saturated heterocycles. The predicted molar refractivity (Wildman–Crippen MR) is 123 cm³/mol. The van der Waals surface area contributed by atoms with Crippen LogP contribution in [0.4, 0.5) is 16.2 Å². The van der Waals surface area contributed by atoms with Crippen molar-refractivity contribution in [2.75, 3.05) is 23.3 Å². The molecule has 4 rings (SSSR count). The Bertz CT molecular complexity index is 1010. The van der Waals surface area contributed by atoms with E-state index in [1.165, 1.54) is 11.3 Å². The van der Waals surface area contributed by atoms with Gasteiger partial charge in [0.15, 0.2) is 0 Å². The van der Waals surface area contributed by atoms with Crippen LogP contribution in [0.5, 0.6) is 0 Å². The molecule has 3 aromatic carbocycles. The van der Waals surface area contributed by atoms with Gasteiger partial charge in [-0.3, -0.25) is 5.32 Å². The topological polar surface area (TPSA) is 41.6 Å². The molecule has 0 aliphatic carbocycles. The standard InChI is InChI=1S/C24H22Cl2N2O2/c25-19-9-7-18(8-10-19)23(30-24(29)27-21-13-11-20(26)12-14-21)16-28-15-3-5-17-4-1-2-6-22(17)28/h1-2,4,6-14,23H,3,5,15-16H2,(H,27,29). The summed E-state index contributed by atoms with van der Waals surface area (Å²) < 4.78 is 5.86. The van der Waals surface area contributed by atoms with Crippen molar-refractivity contribution in [3.63, 3.8) is 0 Å². The number of hydrogen-bond acceptors (Lipinski definition) is 3. The number of benzene rings is 3. The Kier molecular flexibility index (Phi) is 6.46. The van der Waals surface area contributed by atoms with Crippen LogP contribution < -0.4 is 10.2 Å². The van der Waals surface area contributed by atoms with E-state index in [1.54, 1.807) is 24.3 Å². The molecule has 30 heavy (non-hydrogen) atoms. The summed E-state index contributed by atoms with van der Waals surface area (Å²) in [6, 6.07) is 22.7. The van der Waals surface area contributed by atoms with E-state index >= 15 is 0 Å². The van der Waals surface area contributed by atoms with Crippen molar-refractivity contribution >= 4 is 40.7 Å². The molecule has 1 atom stereocenters. The maximum absolute atomic E-state index is 12.6. The molecule has 3 aromatic rings. The first kappa shape index (κ1) is 20.6. The van der Waals surface area contributed by atoms with Crippen molar-refractivity contribution in [1.29, 1.82) is 0 Å². The summed E-state index contributed by atoms with van der Waals surface area (Å²) >= 11 is 12.0. The van der Waals surface area contributed by atoms with Gasteiger partial charge >= 0.3 is 6.09 Å². The van der Waals surface area contributed by atoms with Crippen molar-refractivity contribution in [3.8, 4) is 0 Å². The van der Waals surface area contributed by atoms with Gasteiger partial charge in [0.05, 0.1) is 6.54 Å². The molecule has 0 saturated carbocycles. The zero-order chi connectivity index (χ0) is 20.9. The quantitative estimate of drug-likeness (QED) is 0.477. The molecule has 1 unspecified atom stereocenters. The lowest BCUT2D eigenvalue weighted by Gasteiger charge is -2.34. The number of ether oxygens (including phenoxy) is 1. The Morgan fingerprint density at radius 2 is 1.63 bits per heavy atom. The van der Waals surface area contributed by atoms with E-state index < -0.39 is 12.2 Å². The van der Waals surface area contributed by atoms with Gasteiger partial charge in [0.25, 0.3) is 0 Å². The van der Waals surface area contributed by atoms with Crippen LogP contribution in [0.15, 0.2) is 72.8 Å². The summed E-state index contributed by atoms with van der Waals surface area (Å²) in [5.41, 5.74) is 4.05. The number of rotatable bonds is 5. The molecular weight excluding hydrogens is 419 g/mol. The summed E-state index contributed by atoms with van der Waals surface area (Å²) in [4.78, 5) is 14.9. The van der Waals surface area contributed by atoms with Crippen LogP contribution in [0.2, 0.25) is 10.0 Å². The third-order valence-electron chi connectivity index (χ3n) is 5.17. The van der Waals surface area contributed by atoms with E-state index in [4.69, 9.17) is 27.9 Å².